The molecule has 0 unspecified atom stereocenters. The zero-order chi connectivity index (χ0) is 22.7. The van der Waals surface area contributed by atoms with E-state index in [1.165, 1.54) is 19.0 Å². The number of carbonyl (C=O) groups excluding carboxylic acids is 1. The van der Waals surface area contributed by atoms with E-state index < -0.39 is 5.91 Å². The molecule has 32 heavy (non-hydrogen) atoms. The number of benzene rings is 2. The number of carbonyl (C=O) groups is 1. The van der Waals surface area contributed by atoms with E-state index in [1.54, 1.807) is 13.2 Å². The number of aromatic nitrogens is 1. The molecule has 0 aliphatic heterocycles. The fraction of sp³-hybridized carbons (Fsp3) is 0.333. The summed E-state index contributed by atoms with van der Waals surface area (Å²) in [6.07, 6.45) is 3.89. The number of hydrogen-bond acceptors (Lipinski definition) is 7. The van der Waals surface area contributed by atoms with Crippen molar-refractivity contribution in [3.63, 3.8) is 0 Å². The van der Waals surface area contributed by atoms with Crippen LogP contribution in [0, 0.1) is 6.92 Å². The van der Waals surface area contributed by atoms with Crippen LogP contribution in [-0.2, 0) is 6.61 Å². The number of fused-ring (bicyclic) bond motifs is 1. The summed E-state index contributed by atoms with van der Waals surface area (Å²) in [7, 11) is 1.58. The maximum absolute atomic E-state index is 12.2. The summed E-state index contributed by atoms with van der Waals surface area (Å²) in [5.41, 5.74) is 9.52. The second-order valence-electron chi connectivity index (χ2n) is 7.88. The first-order valence-corrected chi connectivity index (χ1v) is 10.6. The third-order valence-electron chi connectivity index (χ3n) is 5.66. The number of amides is 1. The third kappa shape index (κ3) is 4.61. The second-order valence-corrected chi connectivity index (χ2v) is 7.88. The van der Waals surface area contributed by atoms with Crippen LogP contribution in [0.4, 0.5) is 11.4 Å². The molecule has 1 amide bonds. The van der Waals surface area contributed by atoms with Crippen molar-refractivity contribution in [2.24, 2.45) is 5.73 Å². The quantitative estimate of drug-likeness (QED) is 0.361. The van der Waals surface area contributed by atoms with Crippen molar-refractivity contribution in [1.82, 2.24) is 10.3 Å². The molecule has 1 aliphatic carbocycles. The minimum absolute atomic E-state index is 0.0782. The molecule has 0 bridgehead atoms. The highest BCUT2D eigenvalue weighted by molar-refractivity contribution is 6.08. The van der Waals surface area contributed by atoms with Crippen molar-refractivity contribution in [2.75, 3.05) is 25.6 Å². The molecule has 1 aromatic heterocycles. The molecular weight excluding hydrogens is 408 g/mol. The van der Waals surface area contributed by atoms with Gasteiger partial charge < -0.3 is 30.9 Å². The lowest BCUT2D eigenvalue weighted by Crippen LogP contribution is -2.22. The number of ether oxygens (including phenoxy) is 2. The minimum atomic E-state index is -0.593. The number of rotatable bonds is 10. The van der Waals surface area contributed by atoms with Crippen molar-refractivity contribution in [3.8, 4) is 11.5 Å². The van der Waals surface area contributed by atoms with Crippen molar-refractivity contribution in [1.29, 1.82) is 0 Å². The first-order chi connectivity index (χ1) is 15.5. The third-order valence-corrected chi connectivity index (χ3v) is 5.66. The molecule has 8 nitrogen and oxygen atoms in total. The van der Waals surface area contributed by atoms with Crippen LogP contribution in [0.1, 0.15) is 34.3 Å². The maximum Gasteiger partial charge on any atom is 0.252 e. The zero-order valence-corrected chi connectivity index (χ0v) is 18.3. The summed E-state index contributed by atoms with van der Waals surface area (Å²) < 4.78 is 11.5. The Bertz CT molecular complexity index is 1140. The highest BCUT2D eigenvalue weighted by atomic mass is 16.5. The van der Waals surface area contributed by atoms with Gasteiger partial charge in [0.1, 0.15) is 6.61 Å². The fourth-order valence-electron chi connectivity index (χ4n) is 3.63. The van der Waals surface area contributed by atoms with Gasteiger partial charge in [0.25, 0.3) is 5.91 Å². The van der Waals surface area contributed by atoms with Crippen molar-refractivity contribution in [2.45, 2.75) is 32.4 Å². The summed E-state index contributed by atoms with van der Waals surface area (Å²) in [5, 5.41) is 17.0. The molecule has 0 radical (unpaired) electrons. The van der Waals surface area contributed by atoms with Gasteiger partial charge in [0.05, 0.1) is 30.5 Å². The first kappa shape index (κ1) is 21.9. The van der Waals surface area contributed by atoms with Gasteiger partial charge in [-0.05, 0) is 43.0 Å². The predicted octanol–water partition coefficient (Wildman–Crippen LogP) is 3.02. The highest BCUT2D eigenvalue weighted by Gasteiger charge is 2.20. The number of methoxy groups -OCH3 is 1. The summed E-state index contributed by atoms with van der Waals surface area (Å²) in [6.45, 7) is 3.06. The van der Waals surface area contributed by atoms with E-state index in [1.807, 2.05) is 31.2 Å². The van der Waals surface area contributed by atoms with Crippen LogP contribution in [0.2, 0.25) is 0 Å². The monoisotopic (exact) mass is 436 g/mol. The number of pyridine rings is 1. The SMILES string of the molecule is COc1cc2ncc(C(N)=O)c(Nc3cccc(CO)c3C)c2cc1OCCNC1CC1. The smallest absolute Gasteiger partial charge is 0.252 e. The molecular formula is C24H28N4O4. The number of nitrogens with two attached hydrogens (primary N) is 1. The van der Waals surface area contributed by atoms with Crippen LogP contribution in [0.3, 0.4) is 0 Å². The molecule has 3 aromatic rings. The van der Waals surface area contributed by atoms with Crippen LogP contribution in [0.5, 0.6) is 11.5 Å². The summed E-state index contributed by atoms with van der Waals surface area (Å²) >= 11 is 0. The molecule has 1 fully saturated rings. The predicted molar refractivity (Wildman–Crippen MR) is 124 cm³/mol. The molecule has 8 heteroatoms. The van der Waals surface area contributed by atoms with Gasteiger partial charge in [-0.15, -0.1) is 0 Å². The van der Waals surface area contributed by atoms with Crippen LogP contribution in [-0.4, -0.2) is 42.3 Å². The zero-order valence-electron chi connectivity index (χ0n) is 18.3. The molecule has 0 saturated heterocycles. The Balaban J connectivity index is 1.75. The van der Waals surface area contributed by atoms with Gasteiger partial charge in [-0.1, -0.05) is 12.1 Å². The number of anilines is 2. The molecule has 1 saturated carbocycles. The number of primary amides is 1. The van der Waals surface area contributed by atoms with E-state index in [2.05, 4.69) is 15.6 Å². The Morgan fingerprint density at radius 2 is 2.09 bits per heavy atom. The van der Waals surface area contributed by atoms with Crippen LogP contribution in [0.15, 0.2) is 36.5 Å². The van der Waals surface area contributed by atoms with E-state index in [9.17, 15) is 9.90 Å². The number of aliphatic hydroxyl groups is 1. The lowest BCUT2D eigenvalue weighted by atomic mass is 10.0. The summed E-state index contributed by atoms with van der Waals surface area (Å²) in [6, 6.07) is 9.79. The average molecular weight is 437 g/mol. The minimum Gasteiger partial charge on any atom is -0.493 e. The van der Waals surface area contributed by atoms with E-state index in [0.29, 0.717) is 40.7 Å². The molecule has 4 rings (SSSR count). The van der Waals surface area contributed by atoms with Gasteiger partial charge in [0.15, 0.2) is 11.5 Å². The van der Waals surface area contributed by atoms with Crippen molar-refractivity contribution in [3.05, 3.63) is 53.2 Å². The Hall–Kier alpha value is -3.36. The molecule has 0 atom stereocenters. The van der Waals surface area contributed by atoms with Crippen molar-refractivity contribution < 1.29 is 19.4 Å². The number of nitrogens with one attached hydrogen (secondary N) is 2. The topological polar surface area (TPSA) is 119 Å². The Kier molecular flexibility index (Phi) is 6.43. The molecule has 1 aliphatic rings. The fourth-order valence-corrected chi connectivity index (χ4v) is 3.63. The summed E-state index contributed by atoms with van der Waals surface area (Å²) in [5.74, 6) is 0.530. The van der Waals surface area contributed by atoms with Gasteiger partial charge in [-0.25, -0.2) is 0 Å². The normalized spacial score (nSPS) is 13.2. The largest absolute Gasteiger partial charge is 0.493 e. The molecule has 5 N–H and O–H groups in total. The standard InChI is InChI=1S/C24H28N4O4/c1-14-15(13-29)4-3-5-19(14)28-23-17-10-22(32-9-8-26-16-6-7-16)21(31-2)11-20(17)27-12-18(23)24(25)30/h3-5,10-12,16,26,29H,6-9,13H2,1-2H3,(H2,25,30)(H,27,28). The highest BCUT2D eigenvalue weighted by Crippen LogP contribution is 2.38. The number of hydrogen-bond donors (Lipinski definition) is 4. The van der Waals surface area contributed by atoms with Gasteiger partial charge >= 0.3 is 0 Å². The number of aliphatic hydroxyl groups excluding tert-OH is 1. The lowest BCUT2D eigenvalue weighted by Gasteiger charge is -2.18. The van der Waals surface area contributed by atoms with E-state index in [0.717, 1.165) is 23.4 Å². The first-order valence-electron chi connectivity index (χ1n) is 10.6. The Morgan fingerprint density at radius 1 is 1.28 bits per heavy atom. The molecule has 0 spiro atoms. The Morgan fingerprint density at radius 3 is 2.78 bits per heavy atom. The van der Waals surface area contributed by atoms with Crippen molar-refractivity contribution >= 4 is 28.2 Å². The van der Waals surface area contributed by atoms with Gasteiger partial charge in [0, 0.05) is 35.9 Å². The van der Waals surface area contributed by atoms with Crippen LogP contribution >= 0.6 is 0 Å². The average Bonchev–Trinajstić information content (AvgIpc) is 3.62. The molecule has 2 aromatic carbocycles. The van der Waals surface area contributed by atoms with E-state index >= 15 is 0 Å². The number of nitrogens with zero attached hydrogens (tertiary/aromatic N) is 1. The molecule has 1 heterocycles. The lowest BCUT2D eigenvalue weighted by molar-refractivity contribution is 0.100. The van der Waals surface area contributed by atoms with Crippen LogP contribution < -0.4 is 25.8 Å². The van der Waals surface area contributed by atoms with Gasteiger partial charge in [0.2, 0.25) is 0 Å². The second kappa shape index (κ2) is 9.42. The van der Waals surface area contributed by atoms with Gasteiger partial charge in [-0.3, -0.25) is 9.78 Å². The maximum atomic E-state index is 12.2. The van der Waals surface area contributed by atoms with E-state index in [4.69, 9.17) is 15.2 Å². The van der Waals surface area contributed by atoms with Gasteiger partial charge in [-0.2, -0.15) is 0 Å². The molecule has 168 valence electrons. The van der Waals surface area contributed by atoms with Crippen LogP contribution in [0.25, 0.3) is 10.9 Å². The Labute approximate surface area is 186 Å². The van der Waals surface area contributed by atoms with E-state index in [-0.39, 0.29) is 12.2 Å². The summed E-state index contributed by atoms with van der Waals surface area (Å²) in [4.78, 5) is 16.6.